The van der Waals surface area contributed by atoms with E-state index in [1.54, 1.807) is 27.7 Å². The van der Waals surface area contributed by atoms with Crippen LogP contribution in [0.2, 0.25) is 0 Å². The number of hydrogen-bond donors (Lipinski definition) is 2. The molecule has 5 rings (SSSR count). The molecule has 6 nitrogen and oxygen atoms in total. The molecule has 0 saturated heterocycles. The van der Waals surface area contributed by atoms with Crippen molar-refractivity contribution < 1.29 is 4.39 Å². The van der Waals surface area contributed by atoms with Crippen molar-refractivity contribution in [1.82, 2.24) is 24.6 Å². The van der Waals surface area contributed by atoms with Crippen LogP contribution in [0.15, 0.2) is 35.4 Å². The van der Waals surface area contributed by atoms with Gasteiger partial charge in [-0.2, -0.15) is 5.10 Å². The summed E-state index contributed by atoms with van der Waals surface area (Å²) in [7, 11) is 0. The van der Waals surface area contributed by atoms with Crippen LogP contribution < -0.4 is 11.0 Å². The Hall–Kier alpha value is -2.67. The summed E-state index contributed by atoms with van der Waals surface area (Å²) in [4.78, 5) is 15.0. The highest BCUT2D eigenvalue weighted by Crippen LogP contribution is 2.42. The highest BCUT2D eigenvalue weighted by Gasteiger charge is 2.30. The number of imidazole rings is 1. The molecule has 1 aliphatic carbocycles. The first-order valence-electron chi connectivity index (χ1n) is 9.05. The van der Waals surface area contributed by atoms with Crippen molar-refractivity contribution in [2.75, 3.05) is 6.54 Å². The van der Waals surface area contributed by atoms with Crippen molar-refractivity contribution in [1.29, 1.82) is 0 Å². The molecule has 3 heterocycles. The Labute approximate surface area is 149 Å². The molecule has 0 radical (unpaired) electrons. The molecule has 0 bridgehead atoms. The van der Waals surface area contributed by atoms with E-state index < -0.39 is 0 Å². The predicted molar refractivity (Wildman–Crippen MR) is 95.6 cm³/mol. The van der Waals surface area contributed by atoms with E-state index >= 15 is 0 Å². The first-order valence-corrected chi connectivity index (χ1v) is 9.05. The Morgan fingerprint density at radius 3 is 2.88 bits per heavy atom. The fourth-order valence-electron chi connectivity index (χ4n) is 3.87. The summed E-state index contributed by atoms with van der Waals surface area (Å²) in [5, 5.41) is 8.23. The number of benzene rings is 1. The summed E-state index contributed by atoms with van der Waals surface area (Å²) in [5.41, 5.74) is 3.33. The van der Waals surface area contributed by atoms with Gasteiger partial charge in [-0.15, -0.1) is 0 Å². The van der Waals surface area contributed by atoms with E-state index in [1.807, 2.05) is 6.07 Å². The Morgan fingerprint density at radius 1 is 1.31 bits per heavy atom. The van der Waals surface area contributed by atoms with E-state index in [9.17, 15) is 9.18 Å². The molecule has 1 atom stereocenters. The second-order valence-corrected chi connectivity index (χ2v) is 7.14. The average Bonchev–Trinajstić information content (AvgIpc) is 3.27. The number of nitrogens with zero attached hydrogens (tertiary/aromatic N) is 3. The van der Waals surface area contributed by atoms with E-state index in [0.29, 0.717) is 5.92 Å². The Bertz CT molecular complexity index is 1040. The molecule has 7 heteroatoms. The lowest BCUT2D eigenvalue weighted by Gasteiger charge is -2.20. The minimum Gasteiger partial charge on any atom is -0.312 e. The molecule has 1 saturated carbocycles. The van der Waals surface area contributed by atoms with Gasteiger partial charge in [0, 0.05) is 37.0 Å². The number of aromatic nitrogens is 4. The smallest absolute Gasteiger partial charge is 0.312 e. The third-order valence-electron chi connectivity index (χ3n) is 5.34. The van der Waals surface area contributed by atoms with Gasteiger partial charge in [-0.05, 0) is 49.4 Å². The number of H-pyrrole nitrogens is 1. The molecule has 2 N–H and O–H groups in total. The van der Waals surface area contributed by atoms with E-state index in [-0.39, 0.29) is 17.5 Å². The Kier molecular flexibility index (Phi) is 3.40. The topological polar surface area (TPSA) is 67.6 Å². The minimum absolute atomic E-state index is 0.0904. The van der Waals surface area contributed by atoms with Crippen molar-refractivity contribution in [3.63, 3.8) is 0 Å². The zero-order valence-electron chi connectivity index (χ0n) is 14.5. The van der Waals surface area contributed by atoms with Gasteiger partial charge in [0.05, 0.1) is 11.4 Å². The molecule has 2 aromatic heterocycles. The second-order valence-electron chi connectivity index (χ2n) is 7.14. The van der Waals surface area contributed by atoms with Crippen LogP contribution in [0.1, 0.15) is 48.5 Å². The van der Waals surface area contributed by atoms with Crippen LogP contribution in [0.3, 0.4) is 0 Å². The molecule has 1 aromatic carbocycles. The van der Waals surface area contributed by atoms with E-state index in [1.165, 1.54) is 6.07 Å². The first kappa shape index (κ1) is 15.6. The predicted octanol–water partition coefficient (Wildman–Crippen LogP) is 2.57. The maximum absolute atomic E-state index is 14.2. The second kappa shape index (κ2) is 5.67. The van der Waals surface area contributed by atoms with Gasteiger partial charge < -0.3 is 10.3 Å². The van der Waals surface area contributed by atoms with Gasteiger partial charge in [-0.25, -0.2) is 13.9 Å². The summed E-state index contributed by atoms with van der Waals surface area (Å²) in [6.07, 6.45) is 6.19. The number of nitrogens with one attached hydrogen (secondary N) is 2. The van der Waals surface area contributed by atoms with Gasteiger partial charge in [-0.1, -0.05) is 0 Å². The van der Waals surface area contributed by atoms with Gasteiger partial charge in [0.2, 0.25) is 0 Å². The third kappa shape index (κ3) is 2.34. The van der Waals surface area contributed by atoms with Gasteiger partial charge in [-0.3, -0.25) is 4.57 Å². The minimum atomic E-state index is -0.212. The summed E-state index contributed by atoms with van der Waals surface area (Å²) in [5.74, 6) is 0.863. The maximum Gasteiger partial charge on any atom is 0.331 e. The highest BCUT2D eigenvalue weighted by atomic mass is 19.1. The molecule has 2 aliphatic rings. The highest BCUT2D eigenvalue weighted by molar-refractivity contribution is 5.50. The summed E-state index contributed by atoms with van der Waals surface area (Å²) in [6, 6.07) is 5.21. The number of fused-ring (bicyclic) bond motifs is 1. The zero-order valence-corrected chi connectivity index (χ0v) is 14.5. The molecule has 0 amide bonds. The molecule has 26 heavy (non-hydrogen) atoms. The number of hydrogen-bond acceptors (Lipinski definition) is 3. The molecule has 0 spiro atoms. The van der Waals surface area contributed by atoms with Crippen molar-refractivity contribution >= 4 is 0 Å². The molecule has 3 aromatic rings. The number of aromatic amines is 1. The van der Waals surface area contributed by atoms with Crippen molar-refractivity contribution in [3.8, 4) is 11.5 Å². The van der Waals surface area contributed by atoms with E-state index in [2.05, 4.69) is 17.2 Å². The normalized spacial score (nSPS) is 19.5. The lowest BCUT2D eigenvalue weighted by Crippen LogP contribution is -2.29. The van der Waals surface area contributed by atoms with E-state index in [4.69, 9.17) is 5.10 Å². The fourth-order valence-corrected chi connectivity index (χ4v) is 3.87. The van der Waals surface area contributed by atoms with Gasteiger partial charge in [0.1, 0.15) is 11.6 Å². The molecule has 1 fully saturated rings. The van der Waals surface area contributed by atoms with Crippen LogP contribution in [0, 0.1) is 5.82 Å². The lowest BCUT2D eigenvalue weighted by atomic mass is 10.0. The molecule has 0 unspecified atom stereocenters. The van der Waals surface area contributed by atoms with Gasteiger partial charge >= 0.3 is 5.69 Å². The zero-order chi connectivity index (χ0) is 17.8. The number of halogens is 1. The summed E-state index contributed by atoms with van der Waals surface area (Å²) >= 11 is 0. The van der Waals surface area contributed by atoms with Crippen LogP contribution >= 0.6 is 0 Å². The summed E-state index contributed by atoms with van der Waals surface area (Å²) < 4.78 is 17.6. The number of rotatable bonds is 3. The molecule has 1 aliphatic heterocycles. The van der Waals surface area contributed by atoms with Crippen LogP contribution in [0.25, 0.3) is 11.5 Å². The van der Waals surface area contributed by atoms with Crippen molar-refractivity contribution in [3.05, 3.63) is 63.7 Å². The van der Waals surface area contributed by atoms with E-state index in [0.717, 1.165) is 54.1 Å². The van der Waals surface area contributed by atoms with Crippen LogP contribution in [-0.2, 0) is 6.42 Å². The standard InChI is InChI=1S/C19H20FN5O/c1-11-17-16(6-7-21-11)23-25(18(17)24-9-8-22-19(24)26)13-4-5-15(20)14(10-13)12-2-3-12/h4-5,8-12,21H,2-3,6-7H2,1H3,(H,22,26)/t11-/m0/s1. The van der Waals surface area contributed by atoms with Crippen LogP contribution in [0.4, 0.5) is 4.39 Å². The Morgan fingerprint density at radius 2 is 2.15 bits per heavy atom. The van der Waals surface area contributed by atoms with Gasteiger partial charge in [0.15, 0.2) is 0 Å². The van der Waals surface area contributed by atoms with Crippen molar-refractivity contribution in [2.45, 2.75) is 38.1 Å². The molecular weight excluding hydrogens is 333 g/mol. The molecular formula is C19H20FN5O. The van der Waals surface area contributed by atoms with Crippen LogP contribution in [-0.4, -0.2) is 25.9 Å². The lowest BCUT2D eigenvalue weighted by molar-refractivity contribution is 0.536. The Balaban J connectivity index is 1.76. The monoisotopic (exact) mass is 353 g/mol. The average molecular weight is 353 g/mol. The van der Waals surface area contributed by atoms with Gasteiger partial charge in [0.25, 0.3) is 0 Å². The first-order chi connectivity index (χ1) is 12.6. The van der Waals surface area contributed by atoms with Crippen LogP contribution in [0.5, 0.6) is 0 Å². The van der Waals surface area contributed by atoms with Crippen molar-refractivity contribution in [2.24, 2.45) is 0 Å². The SMILES string of the molecule is C[C@@H]1NCCc2nn(-c3ccc(F)c(C4CC4)c3)c(-n3cc[nH]c3=O)c21. The third-order valence-corrected chi connectivity index (χ3v) is 5.34. The largest absolute Gasteiger partial charge is 0.331 e. The summed E-state index contributed by atoms with van der Waals surface area (Å²) in [6.45, 7) is 2.93. The fraction of sp³-hybridized carbons (Fsp3) is 0.368. The quantitative estimate of drug-likeness (QED) is 0.760. The molecule has 134 valence electrons. The maximum atomic E-state index is 14.2.